The highest BCUT2D eigenvalue weighted by molar-refractivity contribution is 5.87. The number of nitrogens with one attached hydrogen (secondary N) is 1. The van der Waals surface area contributed by atoms with Crippen molar-refractivity contribution >= 4 is 5.97 Å². The summed E-state index contributed by atoms with van der Waals surface area (Å²) in [4.78, 5) is 10.6. The predicted molar refractivity (Wildman–Crippen MR) is 60.3 cm³/mol. The minimum Gasteiger partial charge on any atom is -0.478 e. The van der Waals surface area contributed by atoms with Crippen molar-refractivity contribution in [2.75, 3.05) is 0 Å². The molecule has 7 heteroatoms. The first-order valence-electron chi connectivity index (χ1n) is 5.51. The Bertz CT molecular complexity index is 460. The Balaban J connectivity index is 2.59. The van der Waals surface area contributed by atoms with Crippen LogP contribution in [0.4, 0.5) is 17.6 Å². The zero-order chi connectivity index (χ0) is 14.6. The molecule has 106 valence electrons. The number of carbonyl (C=O) groups is 1. The number of benzene rings is 1. The summed E-state index contributed by atoms with van der Waals surface area (Å²) >= 11 is 0. The van der Waals surface area contributed by atoms with Crippen LogP contribution >= 0.6 is 0 Å². The molecule has 0 saturated heterocycles. The second-order valence-corrected chi connectivity index (χ2v) is 4.22. The topological polar surface area (TPSA) is 49.3 Å². The first kappa shape index (κ1) is 15.4. The molecule has 1 atom stereocenters. The third-order valence-corrected chi connectivity index (χ3v) is 2.46. The lowest BCUT2D eigenvalue weighted by molar-refractivity contribution is -0.139. The standard InChI is InChI=1S/C12H13F4NO2/c1-7(5-12(14,15)16)17-6-8-2-3-9(11(18)19)10(13)4-8/h2-4,7,17H,5-6H2,1H3,(H,18,19). The monoisotopic (exact) mass is 279 g/mol. The summed E-state index contributed by atoms with van der Waals surface area (Å²) in [5, 5.41) is 11.2. The smallest absolute Gasteiger partial charge is 0.390 e. The molecule has 0 saturated carbocycles. The van der Waals surface area contributed by atoms with E-state index in [1.807, 2.05) is 0 Å². The molecule has 0 radical (unpaired) electrons. The highest BCUT2D eigenvalue weighted by atomic mass is 19.4. The molecule has 1 unspecified atom stereocenters. The van der Waals surface area contributed by atoms with Crippen molar-refractivity contribution in [2.45, 2.75) is 32.1 Å². The fourth-order valence-corrected chi connectivity index (χ4v) is 1.55. The number of hydrogen-bond acceptors (Lipinski definition) is 2. The first-order valence-corrected chi connectivity index (χ1v) is 5.51. The van der Waals surface area contributed by atoms with Gasteiger partial charge in [0.1, 0.15) is 5.82 Å². The van der Waals surface area contributed by atoms with Gasteiger partial charge in [0.25, 0.3) is 0 Å². The Hall–Kier alpha value is -1.63. The second kappa shape index (κ2) is 6.01. The first-order chi connectivity index (χ1) is 8.69. The SMILES string of the molecule is CC(CC(F)(F)F)NCc1ccc(C(=O)O)c(F)c1. The Kier molecular flexibility index (Phi) is 4.88. The molecule has 19 heavy (non-hydrogen) atoms. The molecule has 0 aliphatic rings. The summed E-state index contributed by atoms with van der Waals surface area (Å²) in [6, 6.07) is 2.64. The number of aromatic carboxylic acids is 1. The Morgan fingerprint density at radius 3 is 2.53 bits per heavy atom. The maximum atomic E-state index is 13.3. The summed E-state index contributed by atoms with van der Waals surface area (Å²) in [6.45, 7) is 1.41. The normalized spacial score (nSPS) is 13.3. The van der Waals surface area contributed by atoms with Gasteiger partial charge in [-0.3, -0.25) is 0 Å². The minimum absolute atomic E-state index is 0.0358. The van der Waals surface area contributed by atoms with Crippen LogP contribution in [0.15, 0.2) is 18.2 Å². The number of hydrogen-bond donors (Lipinski definition) is 2. The van der Waals surface area contributed by atoms with Crippen LogP contribution in [0, 0.1) is 5.82 Å². The van der Waals surface area contributed by atoms with Gasteiger partial charge in [0, 0.05) is 12.6 Å². The highest BCUT2D eigenvalue weighted by Crippen LogP contribution is 2.21. The lowest BCUT2D eigenvalue weighted by Crippen LogP contribution is -2.30. The number of rotatable bonds is 5. The van der Waals surface area contributed by atoms with Crippen LogP contribution < -0.4 is 5.32 Å². The third-order valence-electron chi connectivity index (χ3n) is 2.46. The molecular formula is C12H13F4NO2. The van der Waals surface area contributed by atoms with Crippen molar-refractivity contribution in [2.24, 2.45) is 0 Å². The third kappa shape index (κ3) is 5.25. The van der Waals surface area contributed by atoms with Gasteiger partial charge in [-0.1, -0.05) is 6.07 Å². The van der Waals surface area contributed by atoms with E-state index in [2.05, 4.69) is 5.32 Å². The van der Waals surface area contributed by atoms with E-state index in [9.17, 15) is 22.4 Å². The van der Waals surface area contributed by atoms with E-state index in [-0.39, 0.29) is 6.54 Å². The second-order valence-electron chi connectivity index (χ2n) is 4.22. The van der Waals surface area contributed by atoms with Crippen LogP contribution in [0.2, 0.25) is 0 Å². The number of alkyl halides is 3. The minimum atomic E-state index is -4.26. The summed E-state index contributed by atoms with van der Waals surface area (Å²) in [5.74, 6) is -2.29. The maximum Gasteiger partial charge on any atom is 0.390 e. The Morgan fingerprint density at radius 2 is 2.05 bits per heavy atom. The van der Waals surface area contributed by atoms with Crippen LogP contribution in [0.25, 0.3) is 0 Å². The highest BCUT2D eigenvalue weighted by Gasteiger charge is 2.29. The fourth-order valence-electron chi connectivity index (χ4n) is 1.55. The van der Waals surface area contributed by atoms with Crippen molar-refractivity contribution in [1.82, 2.24) is 5.32 Å². The molecule has 0 fully saturated rings. The molecule has 3 nitrogen and oxygen atoms in total. The molecule has 0 amide bonds. The van der Waals surface area contributed by atoms with Gasteiger partial charge in [-0.15, -0.1) is 0 Å². The van der Waals surface area contributed by atoms with Gasteiger partial charge in [-0.05, 0) is 24.6 Å². The van der Waals surface area contributed by atoms with Crippen LogP contribution in [0.1, 0.15) is 29.3 Å². The Labute approximate surface area is 107 Å². The molecule has 0 aromatic heterocycles. The van der Waals surface area contributed by atoms with Gasteiger partial charge in [-0.25, -0.2) is 9.18 Å². The van der Waals surface area contributed by atoms with E-state index in [1.165, 1.54) is 13.0 Å². The van der Waals surface area contributed by atoms with Gasteiger partial charge in [0.2, 0.25) is 0 Å². The molecule has 0 spiro atoms. The number of carboxylic acid groups (broad SMARTS) is 1. The molecule has 1 aromatic carbocycles. The molecule has 1 aromatic rings. The van der Waals surface area contributed by atoms with Crippen LogP contribution in [-0.2, 0) is 6.54 Å². The van der Waals surface area contributed by atoms with Gasteiger partial charge in [-0.2, -0.15) is 13.2 Å². The molecular weight excluding hydrogens is 266 g/mol. The van der Waals surface area contributed by atoms with Gasteiger partial charge >= 0.3 is 12.1 Å². The molecule has 0 heterocycles. The molecule has 2 N–H and O–H groups in total. The van der Waals surface area contributed by atoms with Crippen molar-refractivity contribution in [3.05, 3.63) is 35.1 Å². The summed E-state index contributed by atoms with van der Waals surface area (Å²) in [6.07, 6.45) is -5.24. The van der Waals surface area contributed by atoms with Crippen LogP contribution in [-0.4, -0.2) is 23.3 Å². The average molecular weight is 279 g/mol. The zero-order valence-corrected chi connectivity index (χ0v) is 10.1. The summed E-state index contributed by atoms with van der Waals surface area (Å²) in [7, 11) is 0. The summed E-state index contributed by atoms with van der Waals surface area (Å²) in [5.41, 5.74) is -0.0800. The van der Waals surface area contributed by atoms with Gasteiger partial charge < -0.3 is 10.4 Å². The number of carboxylic acids is 1. The van der Waals surface area contributed by atoms with E-state index in [4.69, 9.17) is 5.11 Å². The summed E-state index contributed by atoms with van der Waals surface area (Å²) < 4.78 is 49.5. The molecule has 0 aliphatic heterocycles. The van der Waals surface area contributed by atoms with Crippen molar-refractivity contribution in [3.8, 4) is 0 Å². The number of halogens is 4. The largest absolute Gasteiger partial charge is 0.478 e. The van der Waals surface area contributed by atoms with Crippen molar-refractivity contribution in [1.29, 1.82) is 0 Å². The van der Waals surface area contributed by atoms with E-state index < -0.39 is 36.0 Å². The quantitative estimate of drug-likeness (QED) is 0.815. The molecule has 0 aliphatic carbocycles. The predicted octanol–water partition coefficient (Wildman–Crippen LogP) is 2.95. The van der Waals surface area contributed by atoms with E-state index >= 15 is 0 Å². The van der Waals surface area contributed by atoms with E-state index in [1.54, 1.807) is 0 Å². The van der Waals surface area contributed by atoms with Gasteiger partial charge in [0.15, 0.2) is 0 Å². The molecule has 0 bridgehead atoms. The van der Waals surface area contributed by atoms with Crippen molar-refractivity contribution in [3.63, 3.8) is 0 Å². The Morgan fingerprint density at radius 1 is 1.42 bits per heavy atom. The lowest BCUT2D eigenvalue weighted by Gasteiger charge is -2.15. The fraction of sp³-hybridized carbons (Fsp3) is 0.417. The van der Waals surface area contributed by atoms with Crippen molar-refractivity contribution < 1.29 is 27.5 Å². The maximum absolute atomic E-state index is 13.3. The van der Waals surface area contributed by atoms with Crippen LogP contribution in [0.5, 0.6) is 0 Å². The van der Waals surface area contributed by atoms with E-state index in [0.29, 0.717) is 5.56 Å². The molecule has 1 rings (SSSR count). The average Bonchev–Trinajstić information content (AvgIpc) is 2.23. The lowest BCUT2D eigenvalue weighted by atomic mass is 10.1. The zero-order valence-electron chi connectivity index (χ0n) is 10.1. The van der Waals surface area contributed by atoms with Crippen LogP contribution in [0.3, 0.4) is 0 Å². The van der Waals surface area contributed by atoms with Gasteiger partial charge in [0.05, 0.1) is 12.0 Å². The van der Waals surface area contributed by atoms with E-state index in [0.717, 1.165) is 12.1 Å².